The van der Waals surface area contributed by atoms with Crippen LogP contribution in [0.4, 0.5) is 5.69 Å². The lowest BCUT2D eigenvalue weighted by atomic mass is 10.1. The Bertz CT molecular complexity index is 734. The van der Waals surface area contributed by atoms with Gasteiger partial charge < -0.3 is 9.84 Å². The van der Waals surface area contributed by atoms with Crippen molar-refractivity contribution in [1.82, 2.24) is 0 Å². The summed E-state index contributed by atoms with van der Waals surface area (Å²) in [5.74, 6) is -1.07. The first-order valence-electron chi connectivity index (χ1n) is 5.53. The molecule has 0 aliphatic heterocycles. The van der Waals surface area contributed by atoms with E-state index in [1.54, 1.807) is 24.3 Å². The van der Waals surface area contributed by atoms with Crippen molar-refractivity contribution >= 4 is 45.8 Å². The number of nitrogens with zero attached hydrogens (tertiary/aromatic N) is 1. The maximum atomic E-state index is 11.3. The van der Waals surface area contributed by atoms with Crippen molar-refractivity contribution < 1.29 is 19.6 Å². The fourth-order valence-corrected chi connectivity index (χ4v) is 2.33. The summed E-state index contributed by atoms with van der Waals surface area (Å²) in [5, 5.41) is 19.8. The van der Waals surface area contributed by atoms with Crippen LogP contribution in [0.2, 0.25) is 5.02 Å². The van der Waals surface area contributed by atoms with Gasteiger partial charge in [0.05, 0.1) is 13.5 Å². The number of para-hydroxylation sites is 1. The Labute approximate surface area is 137 Å². The third kappa shape index (κ3) is 3.42. The first-order chi connectivity index (χ1) is 9.90. The normalized spacial score (nSPS) is 10.2. The van der Waals surface area contributed by atoms with E-state index in [0.717, 1.165) is 15.7 Å². The van der Waals surface area contributed by atoms with E-state index in [4.69, 9.17) is 16.3 Å². The molecule has 0 spiro atoms. The monoisotopic (exact) mass is 419 g/mol. The van der Waals surface area contributed by atoms with Gasteiger partial charge in [-0.1, -0.05) is 23.7 Å². The number of non-ortho nitro benzene ring substituents is 1. The van der Waals surface area contributed by atoms with E-state index in [1.807, 2.05) is 22.6 Å². The van der Waals surface area contributed by atoms with Gasteiger partial charge in [-0.25, -0.2) is 4.79 Å². The molecular weight excluding hydrogens is 413 g/mol. The van der Waals surface area contributed by atoms with Crippen LogP contribution in [0.15, 0.2) is 36.4 Å². The number of carboxylic acids is 1. The summed E-state index contributed by atoms with van der Waals surface area (Å²) >= 11 is 7.95. The second-order valence-electron chi connectivity index (χ2n) is 3.90. The van der Waals surface area contributed by atoms with Gasteiger partial charge >= 0.3 is 5.97 Å². The van der Waals surface area contributed by atoms with Crippen LogP contribution in [0.5, 0.6) is 11.5 Å². The molecule has 0 saturated heterocycles. The van der Waals surface area contributed by atoms with E-state index >= 15 is 0 Å². The summed E-state index contributed by atoms with van der Waals surface area (Å²) in [6.07, 6.45) is 0. The Morgan fingerprint density at radius 2 is 2.00 bits per heavy atom. The molecular formula is C13H7ClINO5. The highest BCUT2D eigenvalue weighted by Crippen LogP contribution is 2.37. The molecule has 0 radical (unpaired) electrons. The van der Waals surface area contributed by atoms with Crippen molar-refractivity contribution in [3.8, 4) is 11.5 Å². The van der Waals surface area contributed by atoms with Crippen molar-refractivity contribution in [3.05, 3.63) is 60.7 Å². The third-order valence-corrected chi connectivity index (χ3v) is 3.69. The summed E-state index contributed by atoms with van der Waals surface area (Å²) in [6, 6.07) is 8.90. The predicted octanol–water partition coefficient (Wildman–Crippen LogP) is 4.34. The van der Waals surface area contributed by atoms with Crippen molar-refractivity contribution in [2.75, 3.05) is 0 Å². The van der Waals surface area contributed by atoms with Crippen molar-refractivity contribution in [2.45, 2.75) is 0 Å². The molecule has 2 rings (SSSR count). The molecule has 1 N–H and O–H groups in total. The van der Waals surface area contributed by atoms with Crippen molar-refractivity contribution in [3.63, 3.8) is 0 Å². The van der Waals surface area contributed by atoms with Crippen LogP contribution in [-0.2, 0) is 0 Å². The fraction of sp³-hybridized carbons (Fsp3) is 0. The molecule has 6 nitrogen and oxygen atoms in total. The van der Waals surface area contributed by atoms with E-state index in [2.05, 4.69) is 0 Å². The van der Waals surface area contributed by atoms with Gasteiger partial charge in [0, 0.05) is 12.1 Å². The van der Waals surface area contributed by atoms with Gasteiger partial charge in [-0.2, -0.15) is 0 Å². The number of hydrogen-bond acceptors (Lipinski definition) is 4. The van der Waals surface area contributed by atoms with Crippen LogP contribution >= 0.6 is 34.2 Å². The number of nitro benzene ring substituents is 1. The summed E-state index contributed by atoms with van der Waals surface area (Å²) in [5.41, 5.74) is -0.777. The van der Waals surface area contributed by atoms with Crippen LogP contribution in [0, 0.1) is 13.7 Å². The van der Waals surface area contributed by atoms with E-state index in [9.17, 15) is 20.0 Å². The van der Waals surface area contributed by atoms with E-state index in [0.29, 0.717) is 5.75 Å². The molecule has 0 amide bonds. The molecule has 2 aromatic carbocycles. The van der Waals surface area contributed by atoms with Gasteiger partial charge in [-0.3, -0.25) is 10.1 Å². The fourth-order valence-electron chi connectivity index (χ4n) is 1.58. The van der Waals surface area contributed by atoms with Crippen LogP contribution in [0.25, 0.3) is 0 Å². The number of ether oxygens (including phenoxy) is 1. The molecule has 0 aromatic heterocycles. The number of aromatic carboxylic acids is 1. The average Bonchev–Trinajstić information content (AvgIpc) is 2.42. The topological polar surface area (TPSA) is 89.7 Å². The second kappa shape index (κ2) is 6.27. The average molecular weight is 420 g/mol. The Morgan fingerprint density at radius 3 is 2.57 bits per heavy atom. The zero-order chi connectivity index (χ0) is 15.6. The predicted molar refractivity (Wildman–Crippen MR) is 84.3 cm³/mol. The lowest BCUT2D eigenvalue weighted by Gasteiger charge is -2.11. The standard InChI is InChI=1S/C13H7ClINO5/c14-9-6-7(16(19)20)5-8(13(17)18)12(9)21-11-4-2-1-3-10(11)15/h1-6H,(H,17,18). The molecule has 0 atom stereocenters. The SMILES string of the molecule is O=C(O)c1cc([N+](=O)[O-])cc(Cl)c1Oc1ccccc1I. The lowest BCUT2D eigenvalue weighted by Crippen LogP contribution is -2.03. The number of nitro groups is 1. The number of carboxylic acid groups (broad SMARTS) is 1. The summed E-state index contributed by atoms with van der Waals surface area (Å²) in [4.78, 5) is 21.3. The van der Waals surface area contributed by atoms with Crippen molar-refractivity contribution in [1.29, 1.82) is 0 Å². The van der Waals surface area contributed by atoms with Gasteiger partial charge in [-0.15, -0.1) is 0 Å². The Balaban J connectivity index is 2.55. The third-order valence-electron chi connectivity index (χ3n) is 2.52. The summed E-state index contributed by atoms with van der Waals surface area (Å²) in [6.45, 7) is 0. The zero-order valence-corrected chi connectivity index (χ0v) is 13.2. The molecule has 108 valence electrons. The minimum Gasteiger partial charge on any atom is -0.478 e. The number of rotatable bonds is 4. The number of hydrogen-bond donors (Lipinski definition) is 1. The summed E-state index contributed by atoms with van der Waals surface area (Å²) in [7, 11) is 0. The van der Waals surface area contributed by atoms with Gasteiger partial charge in [0.15, 0.2) is 5.75 Å². The molecule has 0 bridgehead atoms. The molecule has 2 aromatic rings. The Morgan fingerprint density at radius 1 is 1.33 bits per heavy atom. The van der Waals surface area contributed by atoms with E-state index in [1.165, 1.54) is 0 Å². The largest absolute Gasteiger partial charge is 0.478 e. The number of benzene rings is 2. The van der Waals surface area contributed by atoms with Gasteiger partial charge in [0.1, 0.15) is 11.3 Å². The molecule has 21 heavy (non-hydrogen) atoms. The molecule has 0 fully saturated rings. The first kappa shape index (κ1) is 15.5. The van der Waals surface area contributed by atoms with Crippen molar-refractivity contribution in [2.24, 2.45) is 0 Å². The smallest absolute Gasteiger partial charge is 0.339 e. The second-order valence-corrected chi connectivity index (χ2v) is 5.47. The Kier molecular flexibility index (Phi) is 4.63. The van der Waals surface area contributed by atoms with Crippen LogP contribution in [0.3, 0.4) is 0 Å². The highest BCUT2D eigenvalue weighted by molar-refractivity contribution is 14.1. The highest BCUT2D eigenvalue weighted by Gasteiger charge is 2.22. The van der Waals surface area contributed by atoms with Crippen LogP contribution in [0.1, 0.15) is 10.4 Å². The van der Waals surface area contributed by atoms with Crippen LogP contribution in [-0.4, -0.2) is 16.0 Å². The maximum absolute atomic E-state index is 11.3. The highest BCUT2D eigenvalue weighted by atomic mass is 127. The maximum Gasteiger partial charge on any atom is 0.339 e. The molecule has 0 heterocycles. The molecule has 0 saturated carbocycles. The lowest BCUT2D eigenvalue weighted by molar-refractivity contribution is -0.384. The minimum absolute atomic E-state index is 0.126. The quantitative estimate of drug-likeness (QED) is 0.452. The first-order valence-corrected chi connectivity index (χ1v) is 6.99. The Hall–Kier alpha value is -1.87. The molecule has 0 unspecified atom stereocenters. The number of carbonyl (C=O) groups is 1. The number of halogens is 2. The molecule has 0 aliphatic carbocycles. The molecule has 8 heteroatoms. The van der Waals surface area contributed by atoms with Gasteiger partial charge in [-0.05, 0) is 34.7 Å². The zero-order valence-electron chi connectivity index (χ0n) is 10.2. The molecule has 0 aliphatic rings. The minimum atomic E-state index is -1.36. The van der Waals surface area contributed by atoms with Gasteiger partial charge in [0.25, 0.3) is 5.69 Å². The summed E-state index contributed by atoms with van der Waals surface area (Å²) < 4.78 is 6.28. The van der Waals surface area contributed by atoms with Crippen LogP contribution < -0.4 is 4.74 Å². The van der Waals surface area contributed by atoms with Gasteiger partial charge in [0.2, 0.25) is 0 Å². The van der Waals surface area contributed by atoms with E-state index < -0.39 is 16.6 Å². The van der Waals surface area contributed by atoms with E-state index in [-0.39, 0.29) is 16.3 Å².